The number of carbonyl (C=O) groups is 1. The van der Waals surface area contributed by atoms with E-state index in [-0.39, 0.29) is 15.7 Å². The van der Waals surface area contributed by atoms with Crippen LogP contribution in [0.25, 0.3) is 0 Å². The van der Waals surface area contributed by atoms with Crippen LogP contribution in [0.2, 0.25) is 10.0 Å². The number of ether oxygens (including phenoxy) is 1. The predicted molar refractivity (Wildman–Crippen MR) is 66.2 cm³/mol. The van der Waals surface area contributed by atoms with Crippen molar-refractivity contribution in [2.45, 2.75) is 6.18 Å². The SMILES string of the molecule is COC(=O)/C=C(\Nc1cc(Cl)cc(Cl)c1)C(F)(F)F. The minimum atomic E-state index is -4.75. The van der Waals surface area contributed by atoms with Gasteiger partial charge in [0, 0.05) is 15.7 Å². The van der Waals surface area contributed by atoms with Crippen molar-refractivity contribution in [2.75, 3.05) is 12.4 Å². The van der Waals surface area contributed by atoms with Gasteiger partial charge in [-0.1, -0.05) is 23.2 Å². The van der Waals surface area contributed by atoms with Gasteiger partial charge in [0.1, 0.15) is 5.70 Å². The van der Waals surface area contributed by atoms with Crippen LogP contribution in [0.5, 0.6) is 0 Å². The monoisotopic (exact) mass is 313 g/mol. The number of rotatable bonds is 3. The molecular weight excluding hydrogens is 306 g/mol. The Labute approximate surface area is 116 Å². The Kier molecular flexibility index (Phi) is 5.08. The highest BCUT2D eigenvalue weighted by molar-refractivity contribution is 6.35. The van der Waals surface area contributed by atoms with Crippen molar-refractivity contribution in [3.05, 3.63) is 40.0 Å². The van der Waals surface area contributed by atoms with E-state index in [4.69, 9.17) is 23.2 Å². The number of anilines is 1. The van der Waals surface area contributed by atoms with Crippen LogP contribution in [0.1, 0.15) is 0 Å². The van der Waals surface area contributed by atoms with Crippen molar-refractivity contribution >= 4 is 34.9 Å². The van der Waals surface area contributed by atoms with Crippen LogP contribution in [0.4, 0.5) is 18.9 Å². The molecule has 104 valence electrons. The molecule has 0 bridgehead atoms. The smallest absolute Gasteiger partial charge is 0.431 e. The van der Waals surface area contributed by atoms with E-state index in [0.717, 1.165) is 7.11 Å². The number of halogens is 5. The molecule has 0 fully saturated rings. The van der Waals surface area contributed by atoms with Crippen molar-refractivity contribution in [2.24, 2.45) is 0 Å². The number of esters is 1. The molecule has 0 aliphatic heterocycles. The summed E-state index contributed by atoms with van der Waals surface area (Å²) in [4.78, 5) is 10.9. The maximum atomic E-state index is 12.7. The molecule has 0 aliphatic rings. The third-order valence-corrected chi connectivity index (χ3v) is 2.35. The number of hydrogen-bond donors (Lipinski definition) is 1. The van der Waals surface area contributed by atoms with Gasteiger partial charge in [-0.2, -0.15) is 13.2 Å². The van der Waals surface area contributed by atoms with Crippen LogP contribution in [0.3, 0.4) is 0 Å². The lowest BCUT2D eigenvalue weighted by molar-refractivity contribution is -0.135. The highest BCUT2D eigenvalue weighted by atomic mass is 35.5. The van der Waals surface area contributed by atoms with E-state index in [9.17, 15) is 18.0 Å². The zero-order chi connectivity index (χ0) is 14.6. The zero-order valence-corrected chi connectivity index (χ0v) is 11.0. The highest BCUT2D eigenvalue weighted by Gasteiger charge is 2.35. The van der Waals surface area contributed by atoms with Gasteiger partial charge < -0.3 is 10.1 Å². The zero-order valence-electron chi connectivity index (χ0n) is 9.52. The summed E-state index contributed by atoms with van der Waals surface area (Å²) >= 11 is 11.3. The topological polar surface area (TPSA) is 38.3 Å². The van der Waals surface area contributed by atoms with Crippen LogP contribution in [-0.2, 0) is 9.53 Å². The molecule has 0 unspecified atom stereocenters. The van der Waals surface area contributed by atoms with Crippen LogP contribution < -0.4 is 5.32 Å². The molecule has 0 spiro atoms. The average molecular weight is 314 g/mol. The summed E-state index contributed by atoms with van der Waals surface area (Å²) < 4.78 is 42.3. The Balaban J connectivity index is 3.08. The lowest BCUT2D eigenvalue weighted by atomic mass is 10.3. The van der Waals surface area contributed by atoms with E-state index in [1.54, 1.807) is 0 Å². The standard InChI is InChI=1S/C11H8Cl2F3NO2/c1-19-10(18)5-9(11(14,15)16)17-8-3-6(12)2-7(13)4-8/h2-5,17H,1H3/b9-5-. The van der Waals surface area contributed by atoms with Crippen molar-refractivity contribution in [3.8, 4) is 0 Å². The average Bonchev–Trinajstić information content (AvgIpc) is 2.25. The third kappa shape index (κ3) is 5.00. The van der Waals surface area contributed by atoms with Crippen molar-refractivity contribution in [1.82, 2.24) is 0 Å². The lowest BCUT2D eigenvalue weighted by Gasteiger charge is -2.14. The van der Waals surface area contributed by atoms with Crippen LogP contribution in [0, 0.1) is 0 Å². The molecule has 0 aliphatic carbocycles. The Hall–Kier alpha value is -1.40. The molecule has 1 aromatic rings. The normalized spacial score (nSPS) is 12.2. The Morgan fingerprint density at radius 1 is 1.26 bits per heavy atom. The molecule has 0 saturated heterocycles. The predicted octanol–water partition coefficient (Wildman–Crippen LogP) is 4.02. The van der Waals surface area contributed by atoms with E-state index in [0.29, 0.717) is 6.08 Å². The molecular formula is C11H8Cl2F3NO2. The summed E-state index contributed by atoms with van der Waals surface area (Å²) in [5.74, 6) is -1.13. The van der Waals surface area contributed by atoms with Gasteiger partial charge in [0.25, 0.3) is 0 Å². The molecule has 1 aromatic carbocycles. The first-order chi connectivity index (χ1) is 8.72. The quantitative estimate of drug-likeness (QED) is 0.676. The molecule has 0 atom stereocenters. The van der Waals surface area contributed by atoms with Gasteiger partial charge in [-0.3, -0.25) is 0 Å². The molecule has 0 radical (unpaired) electrons. The van der Waals surface area contributed by atoms with Crippen molar-refractivity contribution in [3.63, 3.8) is 0 Å². The van der Waals surface area contributed by atoms with Crippen LogP contribution in [0.15, 0.2) is 30.0 Å². The van der Waals surface area contributed by atoms with Crippen LogP contribution in [-0.4, -0.2) is 19.3 Å². The maximum absolute atomic E-state index is 12.7. The number of alkyl halides is 3. The molecule has 8 heteroatoms. The van der Waals surface area contributed by atoms with E-state index in [1.807, 2.05) is 5.32 Å². The second-order valence-corrected chi connectivity index (χ2v) is 4.23. The van der Waals surface area contributed by atoms with Gasteiger partial charge in [-0.15, -0.1) is 0 Å². The van der Waals surface area contributed by atoms with E-state index < -0.39 is 17.8 Å². The summed E-state index contributed by atoms with van der Waals surface area (Å²) in [5.41, 5.74) is -1.28. The van der Waals surface area contributed by atoms with Gasteiger partial charge in [0.15, 0.2) is 0 Å². The van der Waals surface area contributed by atoms with Crippen molar-refractivity contribution in [1.29, 1.82) is 0 Å². The minimum absolute atomic E-state index is 0.00461. The van der Waals surface area contributed by atoms with Gasteiger partial charge in [-0.25, -0.2) is 4.79 Å². The largest absolute Gasteiger partial charge is 0.466 e. The second-order valence-electron chi connectivity index (χ2n) is 3.36. The molecule has 19 heavy (non-hydrogen) atoms. The number of nitrogens with one attached hydrogen (secondary N) is 1. The second kappa shape index (κ2) is 6.16. The van der Waals surface area contributed by atoms with Gasteiger partial charge in [0.2, 0.25) is 0 Å². The van der Waals surface area contributed by atoms with Crippen LogP contribution >= 0.6 is 23.2 Å². The fourth-order valence-corrected chi connectivity index (χ4v) is 1.67. The molecule has 3 nitrogen and oxygen atoms in total. The molecule has 1 N–H and O–H groups in total. The van der Waals surface area contributed by atoms with Gasteiger partial charge in [0.05, 0.1) is 13.2 Å². The summed E-state index contributed by atoms with van der Waals surface area (Å²) in [6.07, 6.45) is -4.45. The fraction of sp³-hybridized carbons (Fsp3) is 0.182. The summed E-state index contributed by atoms with van der Waals surface area (Å²) in [7, 11) is 0.975. The van der Waals surface area contributed by atoms with E-state index >= 15 is 0 Å². The fourth-order valence-electron chi connectivity index (χ4n) is 1.15. The van der Waals surface area contributed by atoms with E-state index in [1.165, 1.54) is 18.2 Å². The summed E-state index contributed by atoms with van der Waals surface area (Å²) in [6.45, 7) is 0. The Morgan fingerprint density at radius 3 is 2.21 bits per heavy atom. The number of hydrogen-bond acceptors (Lipinski definition) is 3. The number of benzene rings is 1. The number of allylic oxidation sites excluding steroid dienone is 1. The van der Waals surface area contributed by atoms with Gasteiger partial charge >= 0.3 is 12.1 Å². The van der Waals surface area contributed by atoms with E-state index in [2.05, 4.69) is 4.74 Å². The Bertz CT molecular complexity index is 495. The first kappa shape index (κ1) is 15.7. The minimum Gasteiger partial charge on any atom is -0.466 e. The van der Waals surface area contributed by atoms with Crippen molar-refractivity contribution < 1.29 is 22.7 Å². The first-order valence-corrected chi connectivity index (χ1v) is 5.58. The number of methoxy groups -OCH3 is 1. The first-order valence-electron chi connectivity index (χ1n) is 4.82. The molecule has 0 amide bonds. The highest BCUT2D eigenvalue weighted by Crippen LogP contribution is 2.29. The lowest BCUT2D eigenvalue weighted by Crippen LogP contribution is -2.20. The molecule has 0 heterocycles. The van der Waals surface area contributed by atoms with Gasteiger partial charge in [-0.05, 0) is 18.2 Å². The maximum Gasteiger partial charge on any atom is 0.431 e. The summed E-state index contributed by atoms with van der Waals surface area (Å²) in [6, 6.07) is 3.85. The Morgan fingerprint density at radius 2 is 1.79 bits per heavy atom. The third-order valence-electron chi connectivity index (χ3n) is 1.91. The molecule has 1 rings (SSSR count). The number of carbonyl (C=O) groups excluding carboxylic acids is 1. The molecule has 0 aromatic heterocycles. The summed E-state index contributed by atoms with van der Waals surface area (Å²) in [5, 5.41) is 2.36. The molecule has 0 saturated carbocycles.